The monoisotopic (exact) mass is 166 g/mol. The summed E-state index contributed by atoms with van der Waals surface area (Å²) < 4.78 is 1.72. The van der Waals surface area contributed by atoms with Crippen LogP contribution < -0.4 is 11.5 Å². The molecule has 0 aromatic carbocycles. The maximum Gasteiger partial charge on any atom is 0.126 e. The lowest BCUT2D eigenvalue weighted by Gasteiger charge is -2.17. The van der Waals surface area contributed by atoms with Crippen LogP contribution in [-0.2, 0) is 13.5 Å². The first-order chi connectivity index (χ1) is 5.70. The number of aromatic nitrogens is 2. The second-order valence-corrected chi connectivity index (χ2v) is 3.37. The van der Waals surface area contributed by atoms with Crippen LogP contribution in [0.15, 0.2) is 0 Å². The molecule has 1 aromatic heterocycles. The lowest BCUT2D eigenvalue weighted by atomic mass is 9.93. The molecule has 0 aliphatic heterocycles. The summed E-state index contributed by atoms with van der Waals surface area (Å²) in [5.41, 5.74) is 13.9. The third-order valence-corrected chi connectivity index (χ3v) is 2.51. The number of rotatable bonds is 0. The molecule has 0 spiro atoms. The fourth-order valence-corrected chi connectivity index (χ4v) is 1.83. The van der Waals surface area contributed by atoms with Gasteiger partial charge >= 0.3 is 0 Å². The molecule has 1 unspecified atom stereocenters. The van der Waals surface area contributed by atoms with Gasteiger partial charge in [-0.05, 0) is 19.3 Å². The van der Waals surface area contributed by atoms with Crippen LogP contribution in [0.25, 0.3) is 0 Å². The minimum atomic E-state index is 0.0995. The van der Waals surface area contributed by atoms with Crippen LogP contribution in [0.1, 0.15) is 30.1 Å². The molecule has 0 saturated carbocycles. The van der Waals surface area contributed by atoms with E-state index >= 15 is 0 Å². The normalized spacial score (nSPS) is 22.3. The van der Waals surface area contributed by atoms with E-state index in [0.717, 1.165) is 36.3 Å². The van der Waals surface area contributed by atoms with E-state index in [2.05, 4.69) is 5.10 Å². The van der Waals surface area contributed by atoms with Crippen LogP contribution >= 0.6 is 0 Å². The summed E-state index contributed by atoms with van der Waals surface area (Å²) in [5.74, 6) is 0.734. The number of fused-ring (bicyclic) bond motifs is 1. The Morgan fingerprint density at radius 1 is 1.58 bits per heavy atom. The van der Waals surface area contributed by atoms with E-state index in [-0.39, 0.29) is 6.04 Å². The van der Waals surface area contributed by atoms with Crippen LogP contribution in [0.5, 0.6) is 0 Å². The Bertz CT molecular complexity index is 302. The number of hydrogen-bond donors (Lipinski definition) is 2. The largest absolute Gasteiger partial charge is 0.384 e. The van der Waals surface area contributed by atoms with Gasteiger partial charge in [-0.25, -0.2) is 0 Å². The molecule has 1 aliphatic rings. The Labute approximate surface area is 71.5 Å². The molecule has 0 radical (unpaired) electrons. The van der Waals surface area contributed by atoms with Gasteiger partial charge in [0.2, 0.25) is 0 Å². The quantitative estimate of drug-likeness (QED) is 0.584. The van der Waals surface area contributed by atoms with E-state index in [9.17, 15) is 0 Å². The SMILES string of the molecule is Cn1nc2c(c1N)C(N)CCC2. The van der Waals surface area contributed by atoms with Crippen molar-refractivity contribution in [3.05, 3.63) is 11.3 Å². The van der Waals surface area contributed by atoms with Gasteiger partial charge in [0, 0.05) is 18.7 Å². The summed E-state index contributed by atoms with van der Waals surface area (Å²) in [5, 5.41) is 4.31. The van der Waals surface area contributed by atoms with Crippen molar-refractivity contribution in [1.82, 2.24) is 9.78 Å². The fourth-order valence-electron chi connectivity index (χ4n) is 1.83. The molecular weight excluding hydrogens is 152 g/mol. The van der Waals surface area contributed by atoms with E-state index in [4.69, 9.17) is 11.5 Å². The second kappa shape index (κ2) is 2.48. The predicted octanol–water partition coefficient (Wildman–Crippen LogP) is 0.338. The predicted molar refractivity (Wildman–Crippen MR) is 47.5 cm³/mol. The van der Waals surface area contributed by atoms with Crippen molar-refractivity contribution in [2.45, 2.75) is 25.3 Å². The first-order valence-electron chi connectivity index (χ1n) is 4.27. The highest BCUT2D eigenvalue weighted by Gasteiger charge is 2.23. The Morgan fingerprint density at radius 2 is 2.33 bits per heavy atom. The van der Waals surface area contributed by atoms with Gasteiger partial charge in [-0.3, -0.25) is 4.68 Å². The van der Waals surface area contributed by atoms with E-state index in [0.29, 0.717) is 0 Å². The molecule has 0 saturated heterocycles. The van der Waals surface area contributed by atoms with Crippen LogP contribution in [-0.4, -0.2) is 9.78 Å². The van der Waals surface area contributed by atoms with Gasteiger partial charge in [0.05, 0.1) is 5.69 Å². The van der Waals surface area contributed by atoms with Crippen molar-refractivity contribution in [2.24, 2.45) is 12.8 Å². The van der Waals surface area contributed by atoms with E-state index in [1.807, 2.05) is 7.05 Å². The Morgan fingerprint density at radius 3 is 3.00 bits per heavy atom. The zero-order chi connectivity index (χ0) is 8.72. The summed E-state index contributed by atoms with van der Waals surface area (Å²) >= 11 is 0. The fraction of sp³-hybridized carbons (Fsp3) is 0.625. The van der Waals surface area contributed by atoms with Crippen molar-refractivity contribution in [3.8, 4) is 0 Å². The lowest BCUT2D eigenvalue weighted by molar-refractivity contribution is 0.566. The average Bonchev–Trinajstić information content (AvgIpc) is 2.29. The molecule has 4 nitrogen and oxygen atoms in total. The van der Waals surface area contributed by atoms with Crippen molar-refractivity contribution < 1.29 is 0 Å². The highest BCUT2D eigenvalue weighted by Crippen LogP contribution is 2.31. The smallest absolute Gasteiger partial charge is 0.126 e. The van der Waals surface area contributed by atoms with Crippen LogP contribution in [0, 0.1) is 0 Å². The molecule has 2 rings (SSSR count). The van der Waals surface area contributed by atoms with Gasteiger partial charge in [0.1, 0.15) is 5.82 Å². The average molecular weight is 166 g/mol. The summed E-state index contributed by atoms with van der Waals surface area (Å²) in [7, 11) is 1.86. The van der Waals surface area contributed by atoms with E-state index in [1.54, 1.807) is 4.68 Å². The summed E-state index contributed by atoms with van der Waals surface area (Å²) in [6, 6.07) is 0.0995. The van der Waals surface area contributed by atoms with Gasteiger partial charge in [0.15, 0.2) is 0 Å². The van der Waals surface area contributed by atoms with Crippen molar-refractivity contribution in [3.63, 3.8) is 0 Å². The maximum atomic E-state index is 5.93. The summed E-state index contributed by atoms with van der Waals surface area (Å²) in [4.78, 5) is 0. The molecule has 0 amide bonds. The highest BCUT2D eigenvalue weighted by atomic mass is 15.3. The van der Waals surface area contributed by atoms with Gasteiger partial charge in [-0.2, -0.15) is 5.10 Å². The van der Waals surface area contributed by atoms with Gasteiger partial charge in [-0.1, -0.05) is 0 Å². The Hall–Kier alpha value is -1.03. The molecule has 0 fully saturated rings. The Balaban J connectivity index is 2.54. The lowest BCUT2D eigenvalue weighted by Crippen LogP contribution is -2.17. The summed E-state index contributed by atoms with van der Waals surface area (Å²) in [6.07, 6.45) is 3.18. The maximum absolute atomic E-state index is 5.93. The minimum Gasteiger partial charge on any atom is -0.384 e. The first-order valence-corrected chi connectivity index (χ1v) is 4.27. The topological polar surface area (TPSA) is 69.9 Å². The molecule has 66 valence electrons. The molecule has 12 heavy (non-hydrogen) atoms. The summed E-state index contributed by atoms with van der Waals surface area (Å²) in [6.45, 7) is 0. The number of anilines is 1. The molecule has 1 heterocycles. The first kappa shape index (κ1) is 7.61. The van der Waals surface area contributed by atoms with Crippen molar-refractivity contribution in [1.29, 1.82) is 0 Å². The second-order valence-electron chi connectivity index (χ2n) is 3.37. The molecular formula is C8H14N4. The number of nitrogens with two attached hydrogens (primary N) is 2. The van der Waals surface area contributed by atoms with Gasteiger partial charge in [-0.15, -0.1) is 0 Å². The van der Waals surface area contributed by atoms with Crippen LogP contribution in [0.4, 0.5) is 5.82 Å². The van der Waals surface area contributed by atoms with Crippen LogP contribution in [0.3, 0.4) is 0 Å². The molecule has 1 atom stereocenters. The minimum absolute atomic E-state index is 0.0995. The standard InChI is InChI=1S/C8H14N4/c1-12-8(10)7-5(9)3-2-4-6(7)11-12/h5H,2-4,9-10H2,1H3. The van der Waals surface area contributed by atoms with E-state index in [1.165, 1.54) is 0 Å². The highest BCUT2D eigenvalue weighted by molar-refractivity contribution is 5.46. The van der Waals surface area contributed by atoms with Gasteiger partial charge < -0.3 is 11.5 Å². The molecule has 4 heteroatoms. The van der Waals surface area contributed by atoms with Crippen molar-refractivity contribution in [2.75, 3.05) is 5.73 Å². The van der Waals surface area contributed by atoms with Crippen LogP contribution in [0.2, 0.25) is 0 Å². The number of aryl methyl sites for hydroxylation is 2. The Kier molecular flexibility index (Phi) is 1.58. The number of nitrogen functional groups attached to an aromatic ring is 1. The number of nitrogens with zero attached hydrogens (tertiary/aromatic N) is 2. The van der Waals surface area contributed by atoms with Crippen molar-refractivity contribution >= 4 is 5.82 Å². The zero-order valence-corrected chi connectivity index (χ0v) is 7.25. The number of hydrogen-bond acceptors (Lipinski definition) is 3. The van der Waals surface area contributed by atoms with E-state index < -0.39 is 0 Å². The molecule has 0 bridgehead atoms. The molecule has 1 aliphatic carbocycles. The third-order valence-electron chi connectivity index (χ3n) is 2.51. The van der Waals surface area contributed by atoms with Gasteiger partial charge in [0.25, 0.3) is 0 Å². The molecule has 4 N–H and O–H groups in total. The zero-order valence-electron chi connectivity index (χ0n) is 7.25. The molecule has 1 aromatic rings. The third kappa shape index (κ3) is 0.914.